The molecule has 0 aliphatic carbocycles. The van der Waals surface area contributed by atoms with E-state index in [-0.39, 0.29) is 5.56 Å². The molecule has 1 N–H and O–H groups in total. The van der Waals surface area contributed by atoms with Gasteiger partial charge >= 0.3 is 0 Å². The molecule has 3 aromatic heterocycles. The average molecular weight is 340 g/mol. The number of nitrogens with zero attached hydrogens (tertiary/aromatic N) is 3. The van der Waals surface area contributed by atoms with Gasteiger partial charge in [-0.05, 0) is 18.6 Å². The van der Waals surface area contributed by atoms with Gasteiger partial charge in [0.05, 0.1) is 11.3 Å². The van der Waals surface area contributed by atoms with Crippen LogP contribution in [-0.4, -0.2) is 26.4 Å². The summed E-state index contributed by atoms with van der Waals surface area (Å²) in [5.74, 6) is 0.824. The molecular formula is C18H20N4OS. The Morgan fingerprint density at radius 3 is 3.17 bits per heavy atom. The molecule has 0 saturated heterocycles. The summed E-state index contributed by atoms with van der Waals surface area (Å²) in [6, 6.07) is 6.27. The maximum absolute atomic E-state index is 12.4. The van der Waals surface area contributed by atoms with Gasteiger partial charge in [-0.1, -0.05) is 13.0 Å². The number of pyridine rings is 1. The van der Waals surface area contributed by atoms with E-state index in [1.807, 2.05) is 12.3 Å². The molecule has 0 spiro atoms. The van der Waals surface area contributed by atoms with Crippen LogP contribution in [0.15, 0.2) is 29.2 Å². The molecule has 0 aromatic carbocycles. The zero-order valence-corrected chi connectivity index (χ0v) is 14.5. The minimum absolute atomic E-state index is 0.0335. The number of fused-ring (bicyclic) bond motifs is 2. The molecule has 1 aliphatic rings. The van der Waals surface area contributed by atoms with Crippen LogP contribution in [0.2, 0.25) is 0 Å². The molecule has 24 heavy (non-hydrogen) atoms. The predicted octanol–water partition coefficient (Wildman–Crippen LogP) is 2.89. The minimum Gasteiger partial charge on any atom is -0.310 e. The third kappa shape index (κ3) is 2.99. The number of aryl methyl sites for hydroxylation is 1. The normalized spacial score (nSPS) is 14.9. The van der Waals surface area contributed by atoms with Gasteiger partial charge < -0.3 is 4.98 Å². The van der Waals surface area contributed by atoms with Gasteiger partial charge in [-0.2, -0.15) is 0 Å². The molecule has 4 heterocycles. The van der Waals surface area contributed by atoms with Crippen molar-refractivity contribution in [2.24, 2.45) is 0 Å². The highest BCUT2D eigenvalue weighted by molar-refractivity contribution is 7.18. The lowest BCUT2D eigenvalue weighted by Crippen LogP contribution is -2.35. The van der Waals surface area contributed by atoms with E-state index in [1.165, 1.54) is 10.3 Å². The summed E-state index contributed by atoms with van der Waals surface area (Å²) in [5.41, 5.74) is 1.85. The van der Waals surface area contributed by atoms with Crippen molar-refractivity contribution in [1.29, 1.82) is 0 Å². The van der Waals surface area contributed by atoms with Crippen molar-refractivity contribution in [2.45, 2.75) is 39.3 Å². The van der Waals surface area contributed by atoms with Crippen LogP contribution in [0.25, 0.3) is 10.2 Å². The molecule has 0 unspecified atom stereocenters. The van der Waals surface area contributed by atoms with Crippen molar-refractivity contribution in [1.82, 2.24) is 19.9 Å². The zero-order chi connectivity index (χ0) is 16.5. The summed E-state index contributed by atoms with van der Waals surface area (Å²) in [6.07, 6.45) is 4.51. The van der Waals surface area contributed by atoms with Crippen LogP contribution in [-0.2, 0) is 25.9 Å². The fraction of sp³-hybridized carbons (Fsp3) is 0.389. The largest absolute Gasteiger partial charge is 0.310 e. The van der Waals surface area contributed by atoms with E-state index in [4.69, 9.17) is 0 Å². The first-order valence-electron chi connectivity index (χ1n) is 8.39. The first-order chi connectivity index (χ1) is 11.7. The fourth-order valence-corrected chi connectivity index (χ4v) is 4.29. The lowest BCUT2D eigenvalue weighted by atomic mass is 10.1. The van der Waals surface area contributed by atoms with E-state index in [0.29, 0.717) is 6.54 Å². The molecule has 0 radical (unpaired) electrons. The quantitative estimate of drug-likeness (QED) is 0.793. The number of hydrogen-bond donors (Lipinski definition) is 1. The molecule has 3 aromatic rings. The lowest BCUT2D eigenvalue weighted by Gasteiger charge is -2.27. The van der Waals surface area contributed by atoms with Crippen molar-refractivity contribution in [3.05, 3.63) is 56.7 Å². The predicted molar refractivity (Wildman–Crippen MR) is 96.3 cm³/mol. The molecule has 0 saturated carbocycles. The molecule has 0 bridgehead atoms. The molecule has 0 amide bonds. The standard InChI is InChI=1S/C18H20N4OS/c1-2-4-16-20-15-6-8-22(11-14(15)17(23)21-16)10-13-9-12-5-3-7-19-18(12)24-13/h3,5,7,9H,2,4,6,8,10-11H2,1H3,(H,20,21,23). The Hall–Kier alpha value is -2.05. The maximum atomic E-state index is 12.4. The highest BCUT2D eigenvalue weighted by atomic mass is 32.1. The number of aromatic nitrogens is 3. The molecular weight excluding hydrogens is 320 g/mol. The van der Waals surface area contributed by atoms with Gasteiger partial charge in [0.1, 0.15) is 10.7 Å². The number of nitrogens with one attached hydrogen (secondary N) is 1. The van der Waals surface area contributed by atoms with Crippen LogP contribution in [0.4, 0.5) is 0 Å². The molecule has 124 valence electrons. The Kier molecular flexibility index (Phi) is 4.16. The van der Waals surface area contributed by atoms with Gasteiger partial charge in [-0.25, -0.2) is 9.97 Å². The Morgan fingerprint density at radius 2 is 2.33 bits per heavy atom. The molecule has 6 heteroatoms. The van der Waals surface area contributed by atoms with E-state index in [1.54, 1.807) is 11.3 Å². The van der Waals surface area contributed by atoms with Crippen LogP contribution in [0.1, 0.15) is 35.3 Å². The molecule has 0 fully saturated rings. The topological polar surface area (TPSA) is 61.9 Å². The number of thiophene rings is 1. The smallest absolute Gasteiger partial charge is 0.255 e. The minimum atomic E-state index is 0.0335. The molecule has 4 rings (SSSR count). The second-order valence-electron chi connectivity index (χ2n) is 6.26. The van der Waals surface area contributed by atoms with Crippen LogP contribution in [0.5, 0.6) is 0 Å². The monoisotopic (exact) mass is 340 g/mol. The van der Waals surface area contributed by atoms with E-state index in [9.17, 15) is 4.79 Å². The van der Waals surface area contributed by atoms with Crippen LogP contribution < -0.4 is 5.56 Å². The van der Waals surface area contributed by atoms with Gasteiger partial charge in [0.25, 0.3) is 5.56 Å². The third-order valence-corrected chi connectivity index (χ3v) is 5.45. The van der Waals surface area contributed by atoms with Crippen LogP contribution in [0.3, 0.4) is 0 Å². The number of H-pyrrole nitrogens is 1. The summed E-state index contributed by atoms with van der Waals surface area (Å²) in [6.45, 7) is 4.57. The maximum Gasteiger partial charge on any atom is 0.255 e. The zero-order valence-electron chi connectivity index (χ0n) is 13.7. The van der Waals surface area contributed by atoms with Gasteiger partial charge in [0.15, 0.2) is 0 Å². The molecule has 5 nitrogen and oxygen atoms in total. The number of hydrogen-bond acceptors (Lipinski definition) is 5. The van der Waals surface area contributed by atoms with Gasteiger partial charge in [-0.3, -0.25) is 9.69 Å². The van der Waals surface area contributed by atoms with E-state index >= 15 is 0 Å². The summed E-state index contributed by atoms with van der Waals surface area (Å²) in [5, 5.41) is 1.19. The third-order valence-electron chi connectivity index (χ3n) is 4.41. The van der Waals surface area contributed by atoms with Crippen molar-refractivity contribution in [2.75, 3.05) is 6.54 Å². The molecule has 0 atom stereocenters. The van der Waals surface area contributed by atoms with Gasteiger partial charge in [-0.15, -0.1) is 11.3 Å². The Morgan fingerprint density at radius 1 is 1.42 bits per heavy atom. The van der Waals surface area contributed by atoms with Crippen molar-refractivity contribution >= 4 is 21.6 Å². The first kappa shape index (κ1) is 15.5. The Bertz CT molecular complexity index is 897. The van der Waals surface area contributed by atoms with Gasteiger partial charge in [0, 0.05) is 48.9 Å². The summed E-state index contributed by atoms with van der Waals surface area (Å²) in [4.78, 5) is 29.1. The molecule has 1 aliphatic heterocycles. The second-order valence-corrected chi connectivity index (χ2v) is 7.37. The highest BCUT2D eigenvalue weighted by Gasteiger charge is 2.21. The summed E-state index contributed by atoms with van der Waals surface area (Å²) < 4.78 is 0. The van der Waals surface area contributed by atoms with Crippen molar-refractivity contribution < 1.29 is 0 Å². The SMILES string of the molecule is CCCc1nc2c(c(=O)[nH]1)CN(Cc1cc3cccnc3s1)CC2. The second kappa shape index (κ2) is 6.45. The van der Waals surface area contributed by atoms with Gasteiger partial charge in [0.2, 0.25) is 0 Å². The summed E-state index contributed by atoms with van der Waals surface area (Å²) >= 11 is 1.73. The van der Waals surface area contributed by atoms with E-state index < -0.39 is 0 Å². The van der Waals surface area contributed by atoms with Crippen molar-refractivity contribution in [3.8, 4) is 0 Å². The average Bonchev–Trinajstić information content (AvgIpc) is 2.98. The fourth-order valence-electron chi connectivity index (χ4n) is 3.25. The first-order valence-corrected chi connectivity index (χ1v) is 9.21. The number of rotatable bonds is 4. The lowest BCUT2D eigenvalue weighted by molar-refractivity contribution is 0.243. The Labute approximate surface area is 144 Å². The summed E-state index contributed by atoms with van der Waals surface area (Å²) in [7, 11) is 0. The van der Waals surface area contributed by atoms with Crippen molar-refractivity contribution in [3.63, 3.8) is 0 Å². The highest BCUT2D eigenvalue weighted by Crippen LogP contribution is 2.26. The Balaban J connectivity index is 1.54. The number of aromatic amines is 1. The van der Waals surface area contributed by atoms with Crippen LogP contribution >= 0.6 is 11.3 Å². The van der Waals surface area contributed by atoms with E-state index in [0.717, 1.165) is 54.3 Å². The van der Waals surface area contributed by atoms with E-state index in [2.05, 4.69) is 38.9 Å². The van der Waals surface area contributed by atoms with Crippen LogP contribution in [0, 0.1) is 0 Å².